The van der Waals surface area contributed by atoms with Crippen LogP contribution in [0.2, 0.25) is 0 Å². The van der Waals surface area contributed by atoms with Gasteiger partial charge in [-0.25, -0.2) is 12.7 Å². The quantitative estimate of drug-likeness (QED) is 0.708. The Morgan fingerprint density at radius 3 is 2.38 bits per heavy atom. The lowest BCUT2D eigenvalue weighted by Gasteiger charge is -2.20. The van der Waals surface area contributed by atoms with Gasteiger partial charge in [-0.2, -0.15) is 0 Å². The number of nitrogens with zero attached hydrogens (tertiary/aromatic N) is 1. The third kappa shape index (κ3) is 6.73. The fourth-order valence-electron chi connectivity index (χ4n) is 1.97. The van der Waals surface area contributed by atoms with Gasteiger partial charge in [0.1, 0.15) is 0 Å². The topological polar surface area (TPSA) is 66.5 Å². The van der Waals surface area contributed by atoms with Crippen LogP contribution in [0.25, 0.3) is 0 Å². The molecule has 0 unspecified atom stereocenters. The van der Waals surface area contributed by atoms with Crippen LogP contribution in [0.15, 0.2) is 30.3 Å². The van der Waals surface area contributed by atoms with E-state index in [0.29, 0.717) is 25.2 Å². The summed E-state index contributed by atoms with van der Waals surface area (Å²) in [6.07, 6.45) is 4.10. The van der Waals surface area contributed by atoms with Crippen molar-refractivity contribution in [3.63, 3.8) is 0 Å². The molecule has 0 aliphatic rings. The first-order chi connectivity index (χ1) is 9.95. The van der Waals surface area contributed by atoms with Crippen LogP contribution in [0, 0.1) is 0 Å². The van der Waals surface area contributed by atoms with Crippen LogP contribution < -0.4 is 5.32 Å². The lowest BCUT2D eigenvalue weighted by atomic mass is 10.2. The highest BCUT2D eigenvalue weighted by Crippen LogP contribution is 2.03. The van der Waals surface area contributed by atoms with Gasteiger partial charge in [0.2, 0.25) is 10.0 Å². The number of hydrogen-bond acceptors (Lipinski definition) is 3. The minimum absolute atomic E-state index is 0.183. The summed E-state index contributed by atoms with van der Waals surface area (Å²) in [5, 5.41) is 2.75. The van der Waals surface area contributed by atoms with Gasteiger partial charge in [-0.15, -0.1) is 0 Å². The van der Waals surface area contributed by atoms with Crippen LogP contribution >= 0.6 is 0 Å². The maximum absolute atomic E-state index is 11.9. The molecule has 1 aromatic carbocycles. The number of unbranched alkanes of at least 4 members (excludes halogenated alkanes) is 2. The van der Waals surface area contributed by atoms with E-state index in [0.717, 1.165) is 19.3 Å². The maximum atomic E-state index is 11.9. The van der Waals surface area contributed by atoms with Gasteiger partial charge in [0.05, 0.1) is 6.26 Å². The second-order valence-corrected chi connectivity index (χ2v) is 6.97. The summed E-state index contributed by atoms with van der Waals surface area (Å²) in [4.78, 5) is 11.9. The van der Waals surface area contributed by atoms with Gasteiger partial charge in [0, 0.05) is 25.2 Å². The molecule has 0 fully saturated rings. The van der Waals surface area contributed by atoms with Crippen molar-refractivity contribution in [2.45, 2.75) is 26.2 Å². The van der Waals surface area contributed by atoms with Gasteiger partial charge in [0.25, 0.3) is 5.91 Å². The van der Waals surface area contributed by atoms with E-state index in [1.54, 1.807) is 24.3 Å². The highest BCUT2D eigenvalue weighted by Gasteiger charge is 2.16. The van der Waals surface area contributed by atoms with Crippen molar-refractivity contribution in [1.29, 1.82) is 0 Å². The lowest BCUT2D eigenvalue weighted by Crippen LogP contribution is -2.38. The van der Waals surface area contributed by atoms with Gasteiger partial charge in [-0.3, -0.25) is 4.79 Å². The Balaban J connectivity index is 2.44. The first-order valence-electron chi connectivity index (χ1n) is 7.23. The van der Waals surface area contributed by atoms with Crippen molar-refractivity contribution in [3.8, 4) is 0 Å². The first kappa shape index (κ1) is 17.7. The first-order valence-corrected chi connectivity index (χ1v) is 9.08. The average molecular weight is 312 g/mol. The van der Waals surface area contributed by atoms with E-state index in [4.69, 9.17) is 0 Å². The second-order valence-electron chi connectivity index (χ2n) is 4.99. The summed E-state index contributed by atoms with van der Waals surface area (Å²) in [5.41, 5.74) is 0.578. The third-order valence-electron chi connectivity index (χ3n) is 3.16. The zero-order valence-electron chi connectivity index (χ0n) is 12.7. The lowest BCUT2D eigenvalue weighted by molar-refractivity contribution is 0.0951. The van der Waals surface area contributed by atoms with Crippen LogP contribution in [0.4, 0.5) is 0 Å². The summed E-state index contributed by atoms with van der Waals surface area (Å²) in [6.45, 7) is 3.20. The summed E-state index contributed by atoms with van der Waals surface area (Å²) >= 11 is 0. The molecule has 0 aliphatic carbocycles. The number of rotatable bonds is 9. The third-order valence-corrected chi connectivity index (χ3v) is 4.47. The standard InChI is InChI=1S/C15H24N2O3S/c1-3-4-8-12-17(21(2,19)20)13-11-16-15(18)14-9-6-5-7-10-14/h5-7,9-10H,3-4,8,11-13H2,1-2H3,(H,16,18). The zero-order valence-corrected chi connectivity index (χ0v) is 13.5. The Kier molecular flexibility index (Phi) is 7.39. The SMILES string of the molecule is CCCCCN(CCNC(=O)c1ccccc1)S(C)(=O)=O. The van der Waals surface area contributed by atoms with Gasteiger partial charge in [-0.1, -0.05) is 38.0 Å². The fraction of sp³-hybridized carbons (Fsp3) is 0.533. The smallest absolute Gasteiger partial charge is 0.251 e. The van der Waals surface area contributed by atoms with E-state index in [1.807, 2.05) is 6.07 Å². The molecule has 0 saturated carbocycles. The highest BCUT2D eigenvalue weighted by molar-refractivity contribution is 7.88. The molecule has 6 heteroatoms. The molecule has 5 nitrogen and oxygen atoms in total. The number of hydrogen-bond donors (Lipinski definition) is 1. The molecule has 0 heterocycles. The molecule has 21 heavy (non-hydrogen) atoms. The predicted molar refractivity (Wildman–Crippen MR) is 84.7 cm³/mol. The van der Waals surface area contributed by atoms with Crippen molar-refractivity contribution in [2.24, 2.45) is 0 Å². The predicted octanol–water partition coefficient (Wildman–Crippen LogP) is 1.87. The monoisotopic (exact) mass is 312 g/mol. The summed E-state index contributed by atoms with van der Waals surface area (Å²) in [7, 11) is -3.23. The van der Waals surface area contributed by atoms with E-state index in [9.17, 15) is 13.2 Å². The van der Waals surface area contributed by atoms with Gasteiger partial charge in [0.15, 0.2) is 0 Å². The van der Waals surface area contributed by atoms with Crippen LogP contribution in [-0.4, -0.2) is 44.5 Å². The van der Waals surface area contributed by atoms with Crippen molar-refractivity contribution in [1.82, 2.24) is 9.62 Å². The van der Waals surface area contributed by atoms with Crippen LogP contribution in [0.1, 0.15) is 36.5 Å². The Hall–Kier alpha value is -1.40. The minimum atomic E-state index is -3.23. The normalized spacial score (nSPS) is 11.6. The number of amides is 1. The van der Waals surface area contributed by atoms with Crippen molar-refractivity contribution in [3.05, 3.63) is 35.9 Å². The fourth-order valence-corrected chi connectivity index (χ4v) is 2.85. The van der Waals surface area contributed by atoms with Crippen molar-refractivity contribution < 1.29 is 13.2 Å². The van der Waals surface area contributed by atoms with E-state index in [1.165, 1.54) is 10.6 Å². The molecule has 1 rings (SSSR count). The Bertz CT molecular complexity index is 529. The largest absolute Gasteiger partial charge is 0.351 e. The number of carbonyl (C=O) groups excluding carboxylic acids is 1. The molecule has 0 atom stereocenters. The Morgan fingerprint density at radius 1 is 1.14 bits per heavy atom. The van der Waals surface area contributed by atoms with Crippen LogP contribution in [0.5, 0.6) is 0 Å². The molecule has 0 spiro atoms. The van der Waals surface area contributed by atoms with Gasteiger partial charge < -0.3 is 5.32 Å². The number of benzene rings is 1. The summed E-state index contributed by atoms with van der Waals surface area (Å²) in [6, 6.07) is 8.89. The molecule has 118 valence electrons. The van der Waals surface area contributed by atoms with E-state index >= 15 is 0 Å². The second kappa shape index (κ2) is 8.79. The van der Waals surface area contributed by atoms with Gasteiger partial charge in [-0.05, 0) is 18.6 Å². The van der Waals surface area contributed by atoms with Crippen LogP contribution in [0.3, 0.4) is 0 Å². The number of carbonyl (C=O) groups is 1. The molecule has 0 radical (unpaired) electrons. The average Bonchev–Trinajstić information content (AvgIpc) is 2.45. The zero-order chi connectivity index (χ0) is 15.7. The van der Waals surface area contributed by atoms with E-state index < -0.39 is 10.0 Å². The maximum Gasteiger partial charge on any atom is 0.251 e. The van der Waals surface area contributed by atoms with Gasteiger partial charge >= 0.3 is 0 Å². The van der Waals surface area contributed by atoms with Crippen molar-refractivity contribution >= 4 is 15.9 Å². The highest BCUT2D eigenvalue weighted by atomic mass is 32.2. The molecule has 1 amide bonds. The minimum Gasteiger partial charge on any atom is -0.351 e. The van der Waals surface area contributed by atoms with E-state index in [-0.39, 0.29) is 5.91 Å². The van der Waals surface area contributed by atoms with E-state index in [2.05, 4.69) is 12.2 Å². The molecule has 0 bridgehead atoms. The van der Waals surface area contributed by atoms with Crippen LogP contribution in [-0.2, 0) is 10.0 Å². The molecular formula is C15H24N2O3S. The molecule has 1 aromatic rings. The Labute approximate surface area is 127 Å². The molecule has 0 aliphatic heterocycles. The summed E-state index contributed by atoms with van der Waals surface area (Å²) < 4.78 is 24.8. The molecule has 1 N–H and O–H groups in total. The Morgan fingerprint density at radius 2 is 1.81 bits per heavy atom. The van der Waals surface area contributed by atoms with Crippen molar-refractivity contribution in [2.75, 3.05) is 25.9 Å². The number of sulfonamides is 1. The summed E-state index contributed by atoms with van der Waals surface area (Å²) in [5.74, 6) is -0.183. The number of nitrogens with one attached hydrogen (secondary N) is 1. The molecule has 0 saturated heterocycles. The molecule has 0 aromatic heterocycles. The molecular weight excluding hydrogens is 288 g/mol.